The number of nitrogens with zero attached hydrogens (tertiary/aromatic N) is 4. The molecule has 0 saturated heterocycles. The van der Waals surface area contributed by atoms with Gasteiger partial charge in [-0.3, -0.25) is 9.48 Å². The molecule has 0 unspecified atom stereocenters. The number of amides is 1. The third-order valence-corrected chi connectivity index (χ3v) is 5.41. The SMILES string of the molecule is CCOc1ccc2c(c1)CN(C(=O)CCc1c(C)nn(CCC#N)c1C)CC2. The Morgan fingerprint density at radius 3 is 2.89 bits per heavy atom. The summed E-state index contributed by atoms with van der Waals surface area (Å²) < 4.78 is 7.48. The molecule has 148 valence electrons. The molecule has 0 N–H and O–H groups in total. The van der Waals surface area contributed by atoms with E-state index in [1.165, 1.54) is 11.1 Å². The van der Waals surface area contributed by atoms with Crippen LogP contribution in [-0.4, -0.2) is 33.7 Å². The Morgan fingerprint density at radius 1 is 1.32 bits per heavy atom. The van der Waals surface area contributed by atoms with E-state index in [2.05, 4.69) is 23.3 Å². The minimum Gasteiger partial charge on any atom is -0.494 e. The predicted octanol–water partition coefficient (Wildman–Crippen LogP) is 3.33. The minimum absolute atomic E-state index is 0.177. The summed E-state index contributed by atoms with van der Waals surface area (Å²) in [4.78, 5) is 14.8. The van der Waals surface area contributed by atoms with E-state index in [9.17, 15) is 4.79 Å². The van der Waals surface area contributed by atoms with Gasteiger partial charge < -0.3 is 9.64 Å². The highest BCUT2D eigenvalue weighted by molar-refractivity contribution is 5.77. The van der Waals surface area contributed by atoms with Crippen molar-refractivity contribution in [2.24, 2.45) is 0 Å². The molecule has 2 heterocycles. The Balaban J connectivity index is 1.63. The van der Waals surface area contributed by atoms with Crippen molar-refractivity contribution in [3.63, 3.8) is 0 Å². The molecule has 0 fully saturated rings. The molecule has 0 spiro atoms. The third kappa shape index (κ3) is 4.36. The van der Waals surface area contributed by atoms with Gasteiger partial charge in [0.1, 0.15) is 5.75 Å². The van der Waals surface area contributed by atoms with Crippen LogP contribution in [0, 0.1) is 25.2 Å². The van der Waals surface area contributed by atoms with E-state index in [-0.39, 0.29) is 5.91 Å². The summed E-state index contributed by atoms with van der Waals surface area (Å²) in [6.45, 7) is 8.62. The number of aryl methyl sites for hydroxylation is 2. The lowest BCUT2D eigenvalue weighted by Gasteiger charge is -2.29. The zero-order chi connectivity index (χ0) is 20.1. The Labute approximate surface area is 166 Å². The van der Waals surface area contributed by atoms with E-state index < -0.39 is 0 Å². The number of aromatic nitrogens is 2. The van der Waals surface area contributed by atoms with E-state index >= 15 is 0 Å². The standard InChI is InChI=1S/C22H28N4O2/c1-4-28-20-7-6-18-10-13-25(15-19(18)14-20)22(27)9-8-21-16(2)24-26(17(21)3)12-5-11-23/h6-7,14H,4-5,8-10,12-13,15H2,1-3H3. The lowest BCUT2D eigenvalue weighted by Crippen LogP contribution is -2.36. The number of ether oxygens (including phenoxy) is 1. The lowest BCUT2D eigenvalue weighted by atomic mass is 9.98. The first-order chi connectivity index (χ1) is 13.5. The fourth-order valence-electron chi connectivity index (χ4n) is 3.86. The molecule has 0 atom stereocenters. The maximum Gasteiger partial charge on any atom is 0.223 e. The summed E-state index contributed by atoms with van der Waals surface area (Å²) >= 11 is 0. The second kappa shape index (κ2) is 8.92. The second-order valence-electron chi connectivity index (χ2n) is 7.21. The van der Waals surface area contributed by atoms with Gasteiger partial charge in [0.05, 0.1) is 31.3 Å². The molecule has 0 saturated carbocycles. The number of rotatable bonds is 7. The number of carbonyl (C=O) groups excluding carboxylic acids is 1. The normalized spacial score (nSPS) is 13.1. The fourth-order valence-corrected chi connectivity index (χ4v) is 3.86. The van der Waals surface area contributed by atoms with Gasteiger partial charge >= 0.3 is 0 Å². The molecule has 1 aromatic heterocycles. The first-order valence-corrected chi connectivity index (χ1v) is 9.95. The Kier molecular flexibility index (Phi) is 6.35. The molecule has 6 nitrogen and oxygen atoms in total. The van der Waals surface area contributed by atoms with Crippen molar-refractivity contribution in [3.8, 4) is 11.8 Å². The van der Waals surface area contributed by atoms with Gasteiger partial charge in [-0.15, -0.1) is 0 Å². The third-order valence-electron chi connectivity index (χ3n) is 5.41. The lowest BCUT2D eigenvalue weighted by molar-refractivity contribution is -0.132. The van der Waals surface area contributed by atoms with Gasteiger partial charge in [0.15, 0.2) is 0 Å². The quantitative estimate of drug-likeness (QED) is 0.739. The predicted molar refractivity (Wildman–Crippen MR) is 107 cm³/mol. The number of hydrogen-bond donors (Lipinski definition) is 0. The maximum absolute atomic E-state index is 12.8. The van der Waals surface area contributed by atoms with Crippen LogP contribution >= 0.6 is 0 Å². The maximum atomic E-state index is 12.8. The van der Waals surface area contributed by atoms with E-state index in [1.807, 2.05) is 36.4 Å². The van der Waals surface area contributed by atoms with Gasteiger partial charge in [-0.25, -0.2) is 0 Å². The summed E-state index contributed by atoms with van der Waals surface area (Å²) in [6, 6.07) is 8.34. The first-order valence-electron chi connectivity index (χ1n) is 9.95. The Hall–Kier alpha value is -2.81. The van der Waals surface area contributed by atoms with Crippen molar-refractivity contribution >= 4 is 5.91 Å². The van der Waals surface area contributed by atoms with E-state index in [1.54, 1.807) is 0 Å². The molecule has 6 heteroatoms. The molecule has 1 amide bonds. The Bertz CT molecular complexity index is 895. The van der Waals surface area contributed by atoms with Crippen LogP contribution in [0.5, 0.6) is 5.75 Å². The highest BCUT2D eigenvalue weighted by Crippen LogP contribution is 2.25. The van der Waals surface area contributed by atoms with Crippen molar-refractivity contribution in [1.29, 1.82) is 5.26 Å². The van der Waals surface area contributed by atoms with Crippen molar-refractivity contribution in [2.45, 2.75) is 59.5 Å². The molecule has 1 aliphatic rings. The Morgan fingerprint density at radius 2 is 2.14 bits per heavy atom. The molecule has 2 aromatic rings. The molecule has 3 rings (SSSR count). The highest BCUT2D eigenvalue weighted by Gasteiger charge is 2.22. The molecule has 0 aliphatic carbocycles. The monoisotopic (exact) mass is 380 g/mol. The average molecular weight is 380 g/mol. The zero-order valence-corrected chi connectivity index (χ0v) is 17.0. The molecule has 1 aromatic carbocycles. The molecule has 1 aliphatic heterocycles. The number of nitriles is 1. The van der Waals surface area contributed by atoms with Crippen LogP contribution in [-0.2, 0) is 30.7 Å². The van der Waals surface area contributed by atoms with Crippen molar-refractivity contribution in [2.75, 3.05) is 13.2 Å². The minimum atomic E-state index is 0.177. The van der Waals surface area contributed by atoms with Crippen LogP contribution in [0.25, 0.3) is 0 Å². The van der Waals surface area contributed by atoms with E-state index in [0.29, 0.717) is 39.0 Å². The highest BCUT2D eigenvalue weighted by atomic mass is 16.5. The molecule has 0 radical (unpaired) electrons. The second-order valence-corrected chi connectivity index (χ2v) is 7.21. The molecular formula is C22H28N4O2. The largest absolute Gasteiger partial charge is 0.494 e. The average Bonchev–Trinajstić information content (AvgIpc) is 2.97. The summed E-state index contributed by atoms with van der Waals surface area (Å²) in [5, 5.41) is 13.3. The van der Waals surface area contributed by atoms with Gasteiger partial charge in [-0.2, -0.15) is 10.4 Å². The van der Waals surface area contributed by atoms with Gasteiger partial charge in [0.2, 0.25) is 5.91 Å². The van der Waals surface area contributed by atoms with Crippen molar-refractivity contribution in [3.05, 3.63) is 46.3 Å². The van der Waals surface area contributed by atoms with Gasteiger partial charge in [-0.05, 0) is 62.4 Å². The summed E-state index contributed by atoms with van der Waals surface area (Å²) in [7, 11) is 0. The van der Waals surface area contributed by atoms with Gasteiger partial charge in [0.25, 0.3) is 0 Å². The number of carbonyl (C=O) groups is 1. The molecular weight excluding hydrogens is 352 g/mol. The van der Waals surface area contributed by atoms with Crippen LogP contribution < -0.4 is 4.74 Å². The number of fused-ring (bicyclic) bond motifs is 1. The van der Waals surface area contributed by atoms with Crippen molar-refractivity contribution < 1.29 is 9.53 Å². The zero-order valence-electron chi connectivity index (χ0n) is 17.0. The molecule has 28 heavy (non-hydrogen) atoms. The van der Waals surface area contributed by atoms with Crippen LogP contribution in [0.4, 0.5) is 0 Å². The van der Waals surface area contributed by atoms with Crippen LogP contribution in [0.1, 0.15) is 47.8 Å². The summed E-state index contributed by atoms with van der Waals surface area (Å²) in [6.07, 6.45) is 2.49. The van der Waals surface area contributed by atoms with Crippen LogP contribution in [0.3, 0.4) is 0 Å². The van der Waals surface area contributed by atoms with Gasteiger partial charge in [-0.1, -0.05) is 6.07 Å². The van der Waals surface area contributed by atoms with Crippen molar-refractivity contribution in [1.82, 2.24) is 14.7 Å². The fraction of sp³-hybridized carbons (Fsp3) is 0.500. The number of benzene rings is 1. The first kappa shape index (κ1) is 19.9. The summed E-state index contributed by atoms with van der Waals surface area (Å²) in [5.74, 6) is 1.04. The number of hydrogen-bond acceptors (Lipinski definition) is 4. The molecule has 0 bridgehead atoms. The summed E-state index contributed by atoms with van der Waals surface area (Å²) in [5.41, 5.74) is 5.63. The topological polar surface area (TPSA) is 71.2 Å². The van der Waals surface area contributed by atoms with E-state index in [0.717, 1.165) is 35.7 Å². The van der Waals surface area contributed by atoms with Gasteiger partial charge in [0, 0.05) is 25.2 Å². The smallest absolute Gasteiger partial charge is 0.223 e. The van der Waals surface area contributed by atoms with E-state index in [4.69, 9.17) is 10.00 Å². The van der Waals surface area contributed by atoms with Crippen LogP contribution in [0.15, 0.2) is 18.2 Å². The van der Waals surface area contributed by atoms with Crippen LogP contribution in [0.2, 0.25) is 0 Å².